The van der Waals surface area contributed by atoms with E-state index in [9.17, 15) is 33.1 Å². The van der Waals surface area contributed by atoms with Crippen LogP contribution >= 0.6 is 0 Å². The third-order valence-electron chi connectivity index (χ3n) is 11.5. The molecule has 0 aromatic rings. The minimum absolute atomic E-state index is 0.0223. The number of allylic oxidation sites excluding steroid dienone is 13. The van der Waals surface area contributed by atoms with Gasteiger partial charge in [0.1, 0.15) is 30.5 Å². The summed E-state index contributed by atoms with van der Waals surface area (Å²) in [4.78, 5) is 12.9. The molecule has 0 saturated carbocycles. The maximum atomic E-state index is 12.9. The van der Waals surface area contributed by atoms with Crippen LogP contribution < -0.4 is 0 Å². The standard InChI is InChI=1S/C55H94O12S/c1-3-5-7-9-11-13-15-17-19-21-22-23-24-25-26-27-28-29-30-32-34-36-38-40-42-44-51(57)65-49(48-64-55-53(59)54(67-68(60,61)62)52(58)50(46-56)66-55)47-63-45-43-41-39-37-35-33-31-20-18-16-14-12-10-8-6-4-2/h6,8,12,14-15,17-18,20-22,33,35,39,41,49-50,52-56,58-59H,3-5,7,9-11,13,16,19,23-32,34,36-38,40,42-48H2,1-2H3,(H,60,61,62)/b8-6-,14-12-,17-15-,20-18-,22-21-,35-33-,41-39-. The van der Waals surface area contributed by atoms with Gasteiger partial charge in [0, 0.05) is 6.42 Å². The van der Waals surface area contributed by atoms with Gasteiger partial charge in [-0.05, 0) is 77.0 Å². The van der Waals surface area contributed by atoms with Gasteiger partial charge in [0.25, 0.3) is 0 Å². The van der Waals surface area contributed by atoms with Crippen molar-refractivity contribution in [2.45, 2.75) is 230 Å². The smallest absolute Gasteiger partial charge is 0.397 e. The SMILES string of the molecule is CC/C=C\C/C=C\C/C=C\C/C=C\C/C=C\CCOCC(COC1OC(CO)C(O)C(OS(=O)(=O)O)C1O)OC(=O)CCCCCCCCCCCCCCC/C=C\C/C=C\CCCCCCC. The first-order valence-corrected chi connectivity index (χ1v) is 27.7. The van der Waals surface area contributed by atoms with Gasteiger partial charge in [-0.25, -0.2) is 4.18 Å². The minimum atomic E-state index is -5.08. The number of unbranched alkanes of at least 4 members (excludes halogenated alkanes) is 18. The number of esters is 1. The predicted molar refractivity (Wildman–Crippen MR) is 275 cm³/mol. The van der Waals surface area contributed by atoms with Crippen molar-refractivity contribution < 1.29 is 56.2 Å². The van der Waals surface area contributed by atoms with Crippen LogP contribution in [0.15, 0.2) is 85.1 Å². The normalized spacial score (nSPS) is 20.0. The molecule has 0 spiro atoms. The lowest BCUT2D eigenvalue weighted by atomic mass is 9.99. The Morgan fingerprint density at radius 2 is 1.01 bits per heavy atom. The molecule has 12 nitrogen and oxygen atoms in total. The van der Waals surface area contributed by atoms with Crippen molar-refractivity contribution >= 4 is 16.4 Å². The summed E-state index contributed by atoms with van der Waals surface area (Å²) in [5.74, 6) is -0.427. The molecule has 0 radical (unpaired) electrons. The van der Waals surface area contributed by atoms with Crippen molar-refractivity contribution in [2.24, 2.45) is 0 Å². The van der Waals surface area contributed by atoms with E-state index >= 15 is 0 Å². The van der Waals surface area contributed by atoms with Crippen molar-refractivity contribution in [2.75, 3.05) is 26.4 Å². The number of rotatable bonds is 45. The highest BCUT2D eigenvalue weighted by Gasteiger charge is 2.48. The largest absolute Gasteiger partial charge is 0.457 e. The quantitative estimate of drug-likeness (QED) is 0.0197. The first kappa shape index (κ1) is 63.3. The molecule has 0 aromatic heterocycles. The molecule has 0 aliphatic carbocycles. The number of ether oxygens (including phenoxy) is 4. The highest BCUT2D eigenvalue weighted by atomic mass is 32.3. The maximum absolute atomic E-state index is 12.9. The summed E-state index contributed by atoms with van der Waals surface area (Å²) in [6, 6.07) is 0. The molecule has 1 aliphatic rings. The van der Waals surface area contributed by atoms with Crippen molar-refractivity contribution in [3.05, 3.63) is 85.1 Å². The lowest BCUT2D eigenvalue weighted by molar-refractivity contribution is -0.301. The molecule has 1 saturated heterocycles. The first-order valence-electron chi connectivity index (χ1n) is 26.3. The lowest BCUT2D eigenvalue weighted by Gasteiger charge is -2.41. The van der Waals surface area contributed by atoms with E-state index in [0.717, 1.165) is 57.8 Å². The third-order valence-corrected chi connectivity index (χ3v) is 12.0. The molecule has 68 heavy (non-hydrogen) atoms. The number of carbonyl (C=O) groups excluding carboxylic acids is 1. The van der Waals surface area contributed by atoms with Gasteiger partial charge in [0.05, 0.1) is 26.4 Å². The zero-order valence-corrected chi connectivity index (χ0v) is 43.0. The summed E-state index contributed by atoms with van der Waals surface area (Å²) in [6.45, 7) is 3.65. The molecule has 13 heteroatoms. The Balaban J connectivity index is 2.36. The molecule has 0 aromatic carbocycles. The second kappa shape index (κ2) is 45.4. The molecule has 392 valence electrons. The van der Waals surface area contributed by atoms with Gasteiger partial charge in [0.15, 0.2) is 6.29 Å². The molecular formula is C55H94O12S. The number of aliphatic hydroxyl groups excluding tert-OH is 3. The van der Waals surface area contributed by atoms with Crippen molar-refractivity contribution in [3.8, 4) is 0 Å². The summed E-state index contributed by atoms with van der Waals surface area (Å²) in [5.41, 5.74) is 0. The monoisotopic (exact) mass is 979 g/mol. The minimum Gasteiger partial charge on any atom is -0.457 e. The van der Waals surface area contributed by atoms with Crippen LogP contribution in [0.4, 0.5) is 0 Å². The predicted octanol–water partition coefficient (Wildman–Crippen LogP) is 12.4. The molecular weight excluding hydrogens is 885 g/mol. The first-order chi connectivity index (χ1) is 33.1. The summed E-state index contributed by atoms with van der Waals surface area (Å²) in [5, 5.41) is 30.7. The zero-order chi connectivity index (χ0) is 49.6. The van der Waals surface area contributed by atoms with Crippen molar-refractivity contribution in [1.29, 1.82) is 0 Å². The number of hydrogen-bond donors (Lipinski definition) is 4. The van der Waals surface area contributed by atoms with Gasteiger partial charge >= 0.3 is 16.4 Å². The van der Waals surface area contributed by atoms with Crippen LogP contribution in [0.2, 0.25) is 0 Å². The van der Waals surface area contributed by atoms with E-state index in [0.29, 0.717) is 19.4 Å². The molecule has 0 amide bonds. The van der Waals surface area contributed by atoms with Crippen molar-refractivity contribution in [3.63, 3.8) is 0 Å². The fourth-order valence-electron chi connectivity index (χ4n) is 7.59. The van der Waals surface area contributed by atoms with Crippen LogP contribution in [0.3, 0.4) is 0 Å². The van der Waals surface area contributed by atoms with Crippen LogP contribution in [-0.4, -0.2) is 97.5 Å². The van der Waals surface area contributed by atoms with E-state index in [1.54, 1.807) is 0 Å². The van der Waals surface area contributed by atoms with Crippen molar-refractivity contribution in [1.82, 2.24) is 0 Å². The van der Waals surface area contributed by atoms with Gasteiger partial charge in [-0.1, -0.05) is 195 Å². The van der Waals surface area contributed by atoms with Crippen LogP contribution in [-0.2, 0) is 38.3 Å². The van der Waals surface area contributed by atoms with Gasteiger partial charge in [0.2, 0.25) is 0 Å². The van der Waals surface area contributed by atoms with E-state index in [4.69, 9.17) is 18.9 Å². The van der Waals surface area contributed by atoms with Crippen LogP contribution in [0.1, 0.15) is 194 Å². The average molecular weight is 979 g/mol. The van der Waals surface area contributed by atoms with Crippen LogP contribution in [0.25, 0.3) is 0 Å². The Kier molecular flexibility index (Phi) is 42.3. The van der Waals surface area contributed by atoms with Gasteiger partial charge in [-0.3, -0.25) is 9.35 Å². The second-order valence-electron chi connectivity index (χ2n) is 17.7. The number of hydrogen-bond acceptors (Lipinski definition) is 11. The second-order valence-corrected chi connectivity index (χ2v) is 18.8. The van der Waals surface area contributed by atoms with E-state index in [-0.39, 0.29) is 19.6 Å². The Morgan fingerprint density at radius 3 is 1.49 bits per heavy atom. The number of aliphatic hydroxyl groups is 3. The van der Waals surface area contributed by atoms with E-state index in [1.165, 1.54) is 103 Å². The van der Waals surface area contributed by atoms with Gasteiger partial charge in [-0.15, -0.1) is 0 Å². The molecule has 6 atom stereocenters. The highest BCUT2D eigenvalue weighted by molar-refractivity contribution is 7.80. The lowest BCUT2D eigenvalue weighted by Crippen LogP contribution is -2.60. The summed E-state index contributed by atoms with van der Waals surface area (Å²) in [6.07, 6.45) is 52.2. The third kappa shape index (κ3) is 38.1. The molecule has 1 aliphatic heterocycles. The summed E-state index contributed by atoms with van der Waals surface area (Å²) >= 11 is 0. The maximum Gasteiger partial charge on any atom is 0.397 e. The molecule has 1 rings (SSSR count). The fourth-order valence-corrected chi connectivity index (χ4v) is 8.10. The summed E-state index contributed by atoms with van der Waals surface area (Å²) in [7, 11) is -5.08. The molecule has 6 unspecified atom stereocenters. The van der Waals surface area contributed by atoms with Crippen LogP contribution in [0, 0.1) is 0 Å². The average Bonchev–Trinajstić information content (AvgIpc) is 3.31. The Bertz CT molecular complexity index is 1500. The molecule has 0 bridgehead atoms. The molecule has 1 fully saturated rings. The summed E-state index contributed by atoms with van der Waals surface area (Å²) < 4.78 is 59.1. The Hall–Kier alpha value is -2.72. The van der Waals surface area contributed by atoms with E-state index in [2.05, 4.69) is 97.0 Å². The van der Waals surface area contributed by atoms with Gasteiger partial charge in [-0.2, -0.15) is 8.42 Å². The Labute approximate surface area is 413 Å². The van der Waals surface area contributed by atoms with E-state index < -0.39 is 59.8 Å². The highest BCUT2D eigenvalue weighted by Crippen LogP contribution is 2.26. The Morgan fingerprint density at radius 1 is 0.574 bits per heavy atom. The zero-order valence-electron chi connectivity index (χ0n) is 42.1. The van der Waals surface area contributed by atoms with Gasteiger partial charge < -0.3 is 34.3 Å². The number of carbonyl (C=O) groups is 1. The molecule has 4 N–H and O–H groups in total. The fraction of sp³-hybridized carbons (Fsp3) is 0.727. The molecule has 1 heterocycles. The van der Waals surface area contributed by atoms with E-state index in [1.807, 2.05) is 6.08 Å². The van der Waals surface area contributed by atoms with Crippen LogP contribution in [0.5, 0.6) is 0 Å². The topological polar surface area (TPSA) is 178 Å².